The van der Waals surface area contributed by atoms with Crippen molar-refractivity contribution in [2.24, 2.45) is 0 Å². The van der Waals surface area contributed by atoms with Crippen LogP contribution in [0.3, 0.4) is 0 Å². The summed E-state index contributed by atoms with van der Waals surface area (Å²) in [6, 6.07) is 0. The topological polar surface area (TPSA) is 76.5 Å². The van der Waals surface area contributed by atoms with Crippen LogP contribution in [0.25, 0.3) is 0 Å². The molecule has 0 aromatic heterocycles. The first kappa shape index (κ1) is 12.1. The number of nitrogens with one attached hydrogen (secondary N) is 1. The second-order valence-corrected chi connectivity index (χ2v) is 5.59. The fourth-order valence-corrected chi connectivity index (χ4v) is 3.44. The second-order valence-electron chi connectivity index (χ2n) is 1.97. The molecule has 5 nitrogen and oxygen atoms in total. The number of rotatable bonds is 6. The van der Waals surface area contributed by atoms with Crippen LogP contribution < -0.4 is 0 Å². The lowest BCUT2D eigenvalue weighted by atomic mass is 10.9. The van der Waals surface area contributed by atoms with Crippen LogP contribution in [0.5, 0.6) is 0 Å². The maximum atomic E-state index is 11.5. The average molecular weight is 215 g/mol. The summed E-state index contributed by atoms with van der Waals surface area (Å²) in [4.78, 5) is 0. The second kappa shape index (κ2) is 5.70. The van der Waals surface area contributed by atoms with E-state index < -0.39 is 18.2 Å². The first-order valence-corrected chi connectivity index (χ1v) is 6.75. The molecule has 0 heterocycles. The van der Waals surface area contributed by atoms with E-state index in [1.54, 1.807) is 13.8 Å². The van der Waals surface area contributed by atoms with Crippen LogP contribution in [0.1, 0.15) is 13.8 Å². The van der Waals surface area contributed by atoms with Crippen molar-refractivity contribution >= 4 is 18.2 Å². The first-order valence-electron chi connectivity index (χ1n) is 3.58. The van der Waals surface area contributed by atoms with Crippen LogP contribution >= 0.6 is 7.60 Å². The van der Waals surface area contributed by atoms with Gasteiger partial charge in [0.2, 0.25) is 0 Å². The first-order chi connectivity index (χ1) is 5.54. The predicted octanol–water partition coefficient (Wildman–Crippen LogP) is 1.45. The molecular weight excluding hydrogens is 201 g/mol. The van der Waals surface area contributed by atoms with Gasteiger partial charge in [-0.1, -0.05) is 0 Å². The molecule has 0 aromatic rings. The number of hydrogen-bond acceptors (Lipinski definition) is 5. The molecule has 0 saturated carbocycles. The molecule has 7 heteroatoms. The van der Waals surface area contributed by atoms with E-state index in [9.17, 15) is 8.77 Å². The van der Waals surface area contributed by atoms with E-state index in [4.69, 9.17) is 13.8 Å². The smallest absolute Gasteiger partial charge is 0.308 e. The third kappa shape index (κ3) is 4.87. The highest BCUT2D eigenvalue weighted by molar-refractivity contribution is 7.83. The van der Waals surface area contributed by atoms with E-state index in [2.05, 4.69) is 0 Å². The molecule has 0 saturated heterocycles. The minimum absolute atomic E-state index is 0.237. The zero-order chi connectivity index (χ0) is 9.61. The lowest BCUT2D eigenvalue weighted by Gasteiger charge is -2.13. The molecule has 0 radical (unpaired) electrons. The lowest BCUT2D eigenvalue weighted by Crippen LogP contribution is -2.00. The van der Waals surface area contributed by atoms with Crippen LogP contribution in [0.4, 0.5) is 0 Å². The zero-order valence-electron chi connectivity index (χ0n) is 7.15. The quantitative estimate of drug-likeness (QED) is 0.519. The summed E-state index contributed by atoms with van der Waals surface area (Å²) >= 11 is 0. The Hall–Kier alpha value is 0.100. The van der Waals surface area contributed by atoms with Crippen LogP contribution in [0.2, 0.25) is 0 Å². The Bertz CT molecular complexity index is 222. The minimum Gasteiger partial charge on any atom is -0.308 e. The molecule has 1 unspecified atom stereocenters. The van der Waals surface area contributed by atoms with E-state index in [0.29, 0.717) is 0 Å². The van der Waals surface area contributed by atoms with Gasteiger partial charge in [0.05, 0.1) is 13.2 Å². The molecule has 0 rings (SSSR count). The minimum atomic E-state index is -3.25. The average Bonchev–Trinajstić information content (AvgIpc) is 1.85. The van der Waals surface area contributed by atoms with Crippen molar-refractivity contribution in [1.29, 1.82) is 4.78 Å². The lowest BCUT2D eigenvalue weighted by molar-refractivity contribution is 0.224. The normalized spacial score (nSPS) is 14.5. The molecular formula is C5H14NO4PS. The Morgan fingerprint density at radius 2 is 1.75 bits per heavy atom. The Balaban J connectivity index is 4.28. The van der Waals surface area contributed by atoms with Gasteiger partial charge in [0, 0.05) is 10.6 Å². The van der Waals surface area contributed by atoms with Crippen LogP contribution in [-0.4, -0.2) is 22.9 Å². The third-order valence-corrected chi connectivity index (χ3v) is 4.67. The van der Waals surface area contributed by atoms with Gasteiger partial charge >= 0.3 is 7.60 Å². The van der Waals surface area contributed by atoms with Gasteiger partial charge in [-0.3, -0.25) is 13.6 Å². The van der Waals surface area contributed by atoms with Gasteiger partial charge in [-0.05, 0) is 13.8 Å². The summed E-state index contributed by atoms with van der Waals surface area (Å²) in [5, 5.41) is 0. The summed E-state index contributed by atoms with van der Waals surface area (Å²) < 4.78 is 38.4. The molecule has 0 aliphatic heterocycles. The Labute approximate surface area is 74.0 Å². The molecule has 0 aliphatic rings. The Kier molecular flexibility index (Phi) is 5.74. The highest BCUT2D eigenvalue weighted by Gasteiger charge is 2.23. The van der Waals surface area contributed by atoms with Crippen molar-refractivity contribution < 1.29 is 17.8 Å². The van der Waals surface area contributed by atoms with Crippen molar-refractivity contribution in [3.05, 3.63) is 0 Å². The fourth-order valence-electron chi connectivity index (χ4n) is 0.670. The van der Waals surface area contributed by atoms with E-state index in [1.165, 1.54) is 0 Å². The van der Waals surface area contributed by atoms with Crippen molar-refractivity contribution in [3.8, 4) is 0 Å². The molecule has 0 aliphatic carbocycles. The molecule has 0 fully saturated rings. The predicted molar refractivity (Wildman–Crippen MR) is 48.0 cm³/mol. The van der Waals surface area contributed by atoms with E-state index >= 15 is 0 Å². The summed E-state index contributed by atoms with van der Waals surface area (Å²) in [5.74, 6) is 0. The van der Waals surface area contributed by atoms with Crippen molar-refractivity contribution in [2.45, 2.75) is 13.8 Å². The van der Waals surface area contributed by atoms with Crippen LogP contribution in [0, 0.1) is 4.78 Å². The largest absolute Gasteiger partial charge is 0.343 e. The van der Waals surface area contributed by atoms with Crippen LogP contribution in [0.15, 0.2) is 0 Å². The van der Waals surface area contributed by atoms with Gasteiger partial charge in [-0.15, -0.1) is 0 Å². The Morgan fingerprint density at radius 1 is 1.33 bits per heavy atom. The number of thiol groups is 1. The van der Waals surface area contributed by atoms with E-state index in [0.717, 1.165) is 0 Å². The molecule has 1 N–H and O–H groups in total. The van der Waals surface area contributed by atoms with Gasteiger partial charge in [-0.25, -0.2) is 0 Å². The van der Waals surface area contributed by atoms with Gasteiger partial charge in [0.15, 0.2) is 0 Å². The maximum Gasteiger partial charge on any atom is 0.343 e. The summed E-state index contributed by atoms with van der Waals surface area (Å²) in [6.07, 6.45) is 0. The summed E-state index contributed by atoms with van der Waals surface area (Å²) in [6.45, 7) is 3.81. The summed E-state index contributed by atoms with van der Waals surface area (Å²) in [7, 11) is -5.47. The molecule has 12 heavy (non-hydrogen) atoms. The molecule has 0 amide bonds. The maximum absolute atomic E-state index is 11.5. The highest BCUT2D eigenvalue weighted by atomic mass is 32.2. The fraction of sp³-hybridized carbons (Fsp3) is 1.00. The summed E-state index contributed by atoms with van der Waals surface area (Å²) in [5.41, 5.74) is -0.315. The van der Waals surface area contributed by atoms with Gasteiger partial charge in [-0.2, -0.15) is 0 Å². The standard InChI is InChI=1S/C5H14NO4PS/c1-3-9-11(7,10-4-2)5-12(6)8/h6,12H,3-5H2,1-2H3. The van der Waals surface area contributed by atoms with Gasteiger partial charge in [0.1, 0.15) is 5.49 Å². The molecule has 0 spiro atoms. The van der Waals surface area contributed by atoms with E-state index in [1.807, 2.05) is 0 Å². The van der Waals surface area contributed by atoms with Gasteiger partial charge in [0.25, 0.3) is 0 Å². The Morgan fingerprint density at radius 3 is 2.00 bits per heavy atom. The third-order valence-electron chi connectivity index (χ3n) is 0.953. The van der Waals surface area contributed by atoms with E-state index in [-0.39, 0.29) is 18.7 Å². The van der Waals surface area contributed by atoms with Crippen molar-refractivity contribution in [3.63, 3.8) is 0 Å². The molecule has 74 valence electrons. The molecule has 0 bridgehead atoms. The van der Waals surface area contributed by atoms with Crippen molar-refractivity contribution in [2.75, 3.05) is 18.7 Å². The molecule has 0 aromatic carbocycles. The van der Waals surface area contributed by atoms with Crippen molar-refractivity contribution in [1.82, 2.24) is 0 Å². The monoisotopic (exact) mass is 215 g/mol. The molecule has 1 atom stereocenters. The number of hydrogen-bond donors (Lipinski definition) is 2. The van der Waals surface area contributed by atoms with Crippen LogP contribution in [-0.2, 0) is 24.2 Å². The zero-order valence-corrected chi connectivity index (χ0v) is 8.94. The SMILES string of the molecule is CCOP(=O)(C[SH](=N)=O)OCC. The highest BCUT2D eigenvalue weighted by Crippen LogP contribution is 2.47. The van der Waals surface area contributed by atoms with Gasteiger partial charge < -0.3 is 9.05 Å².